The van der Waals surface area contributed by atoms with Crippen molar-refractivity contribution >= 4 is 17.8 Å². The van der Waals surface area contributed by atoms with Gasteiger partial charge in [-0.15, -0.1) is 0 Å². The van der Waals surface area contributed by atoms with Crippen LogP contribution in [0.4, 0.5) is 5.69 Å². The van der Waals surface area contributed by atoms with Gasteiger partial charge in [0.2, 0.25) is 5.91 Å². The van der Waals surface area contributed by atoms with Crippen molar-refractivity contribution in [3.8, 4) is 17.4 Å². The standard InChI is InChI=1S/C20H14N4O4/c21-12-14-5-7-15(8-6-14)19-10-9-17(28-19)13-22-23-20(25)11-16-3-1-2-4-18(16)24(26)27/h1-10,13H,11H2,(H,23,25)/b22-13+. The van der Waals surface area contributed by atoms with Crippen molar-refractivity contribution in [3.63, 3.8) is 0 Å². The van der Waals surface area contributed by atoms with E-state index in [0.29, 0.717) is 22.6 Å². The predicted molar refractivity (Wildman–Crippen MR) is 101 cm³/mol. The first-order valence-electron chi connectivity index (χ1n) is 8.21. The van der Waals surface area contributed by atoms with Gasteiger partial charge in [0.15, 0.2) is 0 Å². The van der Waals surface area contributed by atoms with Crippen molar-refractivity contribution in [2.45, 2.75) is 6.42 Å². The second kappa shape index (κ2) is 8.42. The van der Waals surface area contributed by atoms with Gasteiger partial charge in [0.25, 0.3) is 5.69 Å². The molecule has 138 valence electrons. The van der Waals surface area contributed by atoms with Gasteiger partial charge in [0, 0.05) is 17.2 Å². The number of nitrogens with zero attached hydrogens (tertiary/aromatic N) is 3. The normalized spacial score (nSPS) is 10.5. The van der Waals surface area contributed by atoms with Gasteiger partial charge in [0.1, 0.15) is 11.5 Å². The quantitative estimate of drug-likeness (QED) is 0.402. The van der Waals surface area contributed by atoms with Crippen LogP contribution in [-0.4, -0.2) is 17.0 Å². The molecule has 1 amide bonds. The number of furan rings is 1. The molecule has 8 nitrogen and oxygen atoms in total. The smallest absolute Gasteiger partial charge is 0.273 e. The summed E-state index contributed by atoms with van der Waals surface area (Å²) in [5, 5.41) is 23.6. The van der Waals surface area contributed by atoms with Crippen LogP contribution in [0.1, 0.15) is 16.9 Å². The highest BCUT2D eigenvalue weighted by Gasteiger charge is 2.15. The topological polar surface area (TPSA) is 122 Å². The van der Waals surface area contributed by atoms with Crippen LogP contribution in [-0.2, 0) is 11.2 Å². The van der Waals surface area contributed by atoms with E-state index in [9.17, 15) is 14.9 Å². The summed E-state index contributed by atoms with van der Waals surface area (Å²) in [6.45, 7) is 0. The Labute approximate surface area is 159 Å². The molecule has 0 aliphatic carbocycles. The van der Waals surface area contributed by atoms with Crippen LogP contribution in [0.5, 0.6) is 0 Å². The molecule has 8 heteroatoms. The van der Waals surface area contributed by atoms with Gasteiger partial charge < -0.3 is 4.42 Å². The second-order valence-electron chi connectivity index (χ2n) is 5.75. The van der Waals surface area contributed by atoms with Gasteiger partial charge in [0.05, 0.1) is 29.2 Å². The Bertz CT molecular complexity index is 1080. The molecule has 3 aromatic rings. The van der Waals surface area contributed by atoms with Crippen molar-refractivity contribution in [2.24, 2.45) is 5.10 Å². The van der Waals surface area contributed by atoms with E-state index in [-0.39, 0.29) is 12.1 Å². The first-order chi connectivity index (χ1) is 13.6. The summed E-state index contributed by atoms with van der Waals surface area (Å²) in [4.78, 5) is 22.4. The Morgan fingerprint density at radius 1 is 1.18 bits per heavy atom. The number of carbonyl (C=O) groups is 1. The number of hydrogen-bond donors (Lipinski definition) is 1. The highest BCUT2D eigenvalue weighted by molar-refractivity contribution is 5.82. The maximum Gasteiger partial charge on any atom is 0.273 e. The lowest BCUT2D eigenvalue weighted by atomic mass is 10.1. The number of para-hydroxylation sites is 1. The molecule has 0 fully saturated rings. The number of hydrazone groups is 1. The van der Waals surface area contributed by atoms with Crippen molar-refractivity contribution in [3.05, 3.63) is 87.7 Å². The summed E-state index contributed by atoms with van der Waals surface area (Å²) in [7, 11) is 0. The van der Waals surface area contributed by atoms with Crippen LogP contribution in [0.3, 0.4) is 0 Å². The van der Waals surface area contributed by atoms with Gasteiger partial charge >= 0.3 is 0 Å². The minimum Gasteiger partial charge on any atom is -0.455 e. The fraction of sp³-hybridized carbons (Fsp3) is 0.0500. The molecule has 0 aliphatic rings. The third-order valence-corrected chi connectivity index (χ3v) is 3.85. The number of nitrogens with one attached hydrogen (secondary N) is 1. The summed E-state index contributed by atoms with van der Waals surface area (Å²) < 4.78 is 5.62. The van der Waals surface area contributed by atoms with Gasteiger partial charge in [-0.05, 0) is 36.4 Å². The fourth-order valence-corrected chi connectivity index (χ4v) is 2.51. The monoisotopic (exact) mass is 374 g/mol. The summed E-state index contributed by atoms with van der Waals surface area (Å²) >= 11 is 0. The van der Waals surface area contributed by atoms with Crippen LogP contribution < -0.4 is 5.43 Å². The Morgan fingerprint density at radius 2 is 1.93 bits per heavy atom. The molecule has 0 radical (unpaired) electrons. The molecule has 0 saturated carbocycles. The van der Waals surface area contributed by atoms with E-state index < -0.39 is 10.8 Å². The minimum absolute atomic E-state index is 0.111. The number of amides is 1. The van der Waals surface area contributed by atoms with E-state index in [2.05, 4.69) is 10.5 Å². The number of nitriles is 1. The average Bonchev–Trinajstić information content (AvgIpc) is 3.17. The van der Waals surface area contributed by atoms with E-state index in [1.165, 1.54) is 18.3 Å². The number of rotatable bonds is 6. The van der Waals surface area contributed by atoms with Crippen molar-refractivity contribution in [1.29, 1.82) is 5.26 Å². The molecule has 0 saturated heterocycles. The zero-order valence-electron chi connectivity index (χ0n) is 14.5. The number of benzene rings is 2. The van der Waals surface area contributed by atoms with Gasteiger partial charge in [-0.2, -0.15) is 10.4 Å². The van der Waals surface area contributed by atoms with E-state index >= 15 is 0 Å². The Kier molecular flexibility index (Phi) is 5.58. The number of carbonyl (C=O) groups excluding carboxylic acids is 1. The average molecular weight is 374 g/mol. The summed E-state index contributed by atoms with van der Waals surface area (Å²) in [5.41, 5.74) is 3.88. The van der Waals surface area contributed by atoms with Gasteiger partial charge in [-0.1, -0.05) is 18.2 Å². The summed E-state index contributed by atoms with van der Waals surface area (Å²) in [6, 6.07) is 18.4. The SMILES string of the molecule is N#Cc1ccc(-c2ccc(/C=N/NC(=O)Cc3ccccc3[N+](=O)[O-])o2)cc1. The van der Waals surface area contributed by atoms with Crippen LogP contribution >= 0.6 is 0 Å². The number of nitro benzene ring substituents is 1. The van der Waals surface area contributed by atoms with Crippen LogP contribution in [0.2, 0.25) is 0 Å². The molecule has 1 heterocycles. The first kappa shape index (κ1) is 18.5. The zero-order valence-corrected chi connectivity index (χ0v) is 14.5. The highest BCUT2D eigenvalue weighted by atomic mass is 16.6. The third kappa shape index (κ3) is 4.47. The van der Waals surface area contributed by atoms with Crippen molar-refractivity contribution in [2.75, 3.05) is 0 Å². The van der Waals surface area contributed by atoms with Crippen LogP contribution in [0.15, 0.2) is 70.2 Å². The Morgan fingerprint density at radius 3 is 2.64 bits per heavy atom. The molecule has 2 aromatic carbocycles. The summed E-state index contributed by atoms with van der Waals surface area (Å²) in [5.74, 6) is 0.534. The molecule has 3 rings (SSSR count). The van der Waals surface area contributed by atoms with Crippen LogP contribution in [0, 0.1) is 21.4 Å². The lowest BCUT2D eigenvalue weighted by Gasteiger charge is -2.01. The van der Waals surface area contributed by atoms with E-state index in [4.69, 9.17) is 9.68 Å². The lowest BCUT2D eigenvalue weighted by molar-refractivity contribution is -0.385. The zero-order chi connectivity index (χ0) is 19.9. The largest absolute Gasteiger partial charge is 0.455 e. The number of nitro groups is 1. The summed E-state index contributed by atoms with van der Waals surface area (Å²) in [6.07, 6.45) is 1.17. The molecule has 0 unspecified atom stereocenters. The Balaban J connectivity index is 1.61. The first-order valence-corrected chi connectivity index (χ1v) is 8.21. The molecule has 0 spiro atoms. The molecule has 0 aliphatic heterocycles. The molecular formula is C20H14N4O4. The third-order valence-electron chi connectivity index (χ3n) is 3.85. The van der Waals surface area contributed by atoms with Crippen LogP contribution in [0.25, 0.3) is 11.3 Å². The molecule has 1 N–H and O–H groups in total. The maximum absolute atomic E-state index is 12.0. The predicted octanol–water partition coefficient (Wildman–Crippen LogP) is 3.42. The second-order valence-corrected chi connectivity index (χ2v) is 5.75. The fourth-order valence-electron chi connectivity index (χ4n) is 2.51. The molecule has 0 atom stereocenters. The molecule has 28 heavy (non-hydrogen) atoms. The van der Waals surface area contributed by atoms with Crippen molar-refractivity contribution < 1.29 is 14.1 Å². The Hall–Kier alpha value is -4.25. The van der Waals surface area contributed by atoms with E-state index in [0.717, 1.165) is 5.56 Å². The molecular weight excluding hydrogens is 360 g/mol. The molecule has 1 aromatic heterocycles. The van der Waals surface area contributed by atoms with E-state index in [1.54, 1.807) is 48.5 Å². The van der Waals surface area contributed by atoms with Gasteiger partial charge in [-0.3, -0.25) is 14.9 Å². The number of hydrogen-bond acceptors (Lipinski definition) is 6. The van der Waals surface area contributed by atoms with E-state index in [1.807, 2.05) is 6.07 Å². The minimum atomic E-state index is -0.528. The van der Waals surface area contributed by atoms with Crippen molar-refractivity contribution in [1.82, 2.24) is 5.43 Å². The van der Waals surface area contributed by atoms with Gasteiger partial charge in [-0.25, -0.2) is 5.43 Å². The lowest BCUT2D eigenvalue weighted by Crippen LogP contribution is -2.20. The molecule has 0 bridgehead atoms. The highest BCUT2D eigenvalue weighted by Crippen LogP contribution is 2.22. The maximum atomic E-state index is 12.0.